The van der Waals surface area contributed by atoms with Crippen LogP contribution in [-0.4, -0.2) is 25.3 Å². The Labute approximate surface area is 157 Å². The molecule has 6 nitrogen and oxygen atoms in total. The molecule has 1 amide bonds. The average Bonchev–Trinajstić information content (AvgIpc) is 3.12. The van der Waals surface area contributed by atoms with E-state index in [-0.39, 0.29) is 5.76 Å². The van der Waals surface area contributed by atoms with Crippen molar-refractivity contribution >= 4 is 23.1 Å². The highest BCUT2D eigenvalue weighted by Crippen LogP contribution is 2.28. The van der Waals surface area contributed by atoms with Crippen LogP contribution in [0.5, 0.6) is 11.5 Å². The number of hydrogen-bond donors (Lipinski definition) is 1. The van der Waals surface area contributed by atoms with Gasteiger partial charge in [0.25, 0.3) is 0 Å². The van der Waals surface area contributed by atoms with Crippen molar-refractivity contribution in [2.45, 2.75) is 6.92 Å². The minimum atomic E-state index is -0.418. The highest BCUT2D eigenvalue weighted by atomic mass is 16.5. The van der Waals surface area contributed by atoms with E-state index < -0.39 is 5.91 Å². The maximum atomic E-state index is 12.2. The zero-order valence-electron chi connectivity index (χ0n) is 15.0. The highest BCUT2D eigenvalue weighted by molar-refractivity contribution is 5.96. The Balaban J connectivity index is 1.68. The first-order valence-corrected chi connectivity index (χ1v) is 8.53. The van der Waals surface area contributed by atoms with E-state index in [1.54, 1.807) is 30.3 Å². The summed E-state index contributed by atoms with van der Waals surface area (Å²) in [6.45, 7) is 6.42. The number of hydrogen-bond acceptors (Lipinski definition) is 5. The number of carbonyl (C=O) groups is 1. The van der Waals surface area contributed by atoms with Crippen LogP contribution in [0.25, 0.3) is 11.0 Å². The SMILES string of the molecule is C=CCOc1ccc(/C=N/NC(=O)c2cc3ccccc3o2)cc1OCC. The van der Waals surface area contributed by atoms with E-state index in [1.807, 2.05) is 31.2 Å². The fraction of sp³-hybridized carbons (Fsp3) is 0.143. The fourth-order valence-electron chi connectivity index (χ4n) is 2.46. The first-order valence-electron chi connectivity index (χ1n) is 8.53. The summed E-state index contributed by atoms with van der Waals surface area (Å²) in [6.07, 6.45) is 3.19. The minimum absolute atomic E-state index is 0.205. The van der Waals surface area contributed by atoms with Gasteiger partial charge in [-0.1, -0.05) is 30.9 Å². The number of carbonyl (C=O) groups excluding carboxylic acids is 1. The van der Waals surface area contributed by atoms with Crippen LogP contribution >= 0.6 is 0 Å². The molecule has 0 atom stereocenters. The van der Waals surface area contributed by atoms with E-state index in [0.29, 0.717) is 30.3 Å². The van der Waals surface area contributed by atoms with Crippen molar-refractivity contribution in [2.24, 2.45) is 5.10 Å². The molecule has 0 fully saturated rings. The molecule has 27 heavy (non-hydrogen) atoms. The lowest BCUT2D eigenvalue weighted by atomic mass is 10.2. The number of amides is 1. The molecule has 2 aromatic carbocycles. The molecule has 0 aliphatic rings. The molecule has 0 aliphatic heterocycles. The number of rotatable bonds is 8. The number of ether oxygens (including phenoxy) is 2. The number of fused-ring (bicyclic) bond motifs is 1. The normalized spacial score (nSPS) is 10.9. The molecule has 0 spiro atoms. The summed E-state index contributed by atoms with van der Waals surface area (Å²) in [5.41, 5.74) is 3.87. The minimum Gasteiger partial charge on any atom is -0.490 e. The highest BCUT2D eigenvalue weighted by Gasteiger charge is 2.11. The van der Waals surface area contributed by atoms with Gasteiger partial charge in [-0.25, -0.2) is 5.43 Å². The van der Waals surface area contributed by atoms with Gasteiger partial charge in [-0.2, -0.15) is 5.10 Å². The second kappa shape index (κ2) is 8.71. The van der Waals surface area contributed by atoms with Crippen LogP contribution in [-0.2, 0) is 0 Å². The first-order chi connectivity index (χ1) is 13.2. The van der Waals surface area contributed by atoms with Crippen molar-refractivity contribution < 1.29 is 18.7 Å². The molecule has 1 heterocycles. The van der Waals surface area contributed by atoms with Gasteiger partial charge in [-0.15, -0.1) is 0 Å². The lowest BCUT2D eigenvalue weighted by Crippen LogP contribution is -2.16. The molecule has 0 saturated carbocycles. The van der Waals surface area contributed by atoms with Crippen molar-refractivity contribution in [3.63, 3.8) is 0 Å². The van der Waals surface area contributed by atoms with Gasteiger partial charge in [0.2, 0.25) is 0 Å². The fourth-order valence-corrected chi connectivity index (χ4v) is 2.46. The van der Waals surface area contributed by atoms with Gasteiger partial charge < -0.3 is 13.9 Å². The monoisotopic (exact) mass is 364 g/mol. The van der Waals surface area contributed by atoms with Crippen LogP contribution < -0.4 is 14.9 Å². The smallest absolute Gasteiger partial charge is 0.307 e. The van der Waals surface area contributed by atoms with E-state index in [9.17, 15) is 4.79 Å². The largest absolute Gasteiger partial charge is 0.490 e. The number of nitrogens with one attached hydrogen (secondary N) is 1. The standard InChI is InChI=1S/C21H20N2O4/c1-3-11-26-18-10-9-15(12-19(18)25-4-2)14-22-23-21(24)20-13-16-7-5-6-8-17(16)27-20/h3,5-10,12-14H,1,4,11H2,2H3,(H,23,24)/b22-14+. The maximum Gasteiger partial charge on any atom is 0.307 e. The predicted molar refractivity (Wildman–Crippen MR) is 105 cm³/mol. The molecule has 3 rings (SSSR count). The number of benzene rings is 2. The van der Waals surface area contributed by atoms with Crippen LogP contribution in [0, 0.1) is 0 Å². The molecule has 0 unspecified atom stereocenters. The van der Waals surface area contributed by atoms with E-state index in [0.717, 1.165) is 10.9 Å². The first kappa shape index (κ1) is 18.3. The third-order valence-corrected chi connectivity index (χ3v) is 3.65. The summed E-state index contributed by atoms with van der Waals surface area (Å²) in [5, 5.41) is 4.85. The van der Waals surface area contributed by atoms with Crippen LogP contribution in [0.4, 0.5) is 0 Å². The van der Waals surface area contributed by atoms with Crippen molar-refractivity contribution in [3.05, 3.63) is 72.5 Å². The van der Waals surface area contributed by atoms with Gasteiger partial charge in [-0.05, 0) is 42.8 Å². The van der Waals surface area contributed by atoms with Gasteiger partial charge in [0.15, 0.2) is 17.3 Å². The summed E-state index contributed by atoms with van der Waals surface area (Å²) in [4.78, 5) is 12.2. The van der Waals surface area contributed by atoms with Gasteiger partial charge in [0.05, 0.1) is 12.8 Å². The number of nitrogens with zero attached hydrogens (tertiary/aromatic N) is 1. The lowest BCUT2D eigenvalue weighted by Gasteiger charge is -2.11. The number of furan rings is 1. The molecule has 3 aromatic rings. The molecule has 1 aromatic heterocycles. The Bertz CT molecular complexity index is 942. The molecule has 0 saturated heterocycles. The Morgan fingerprint density at radius 3 is 2.81 bits per heavy atom. The molecule has 0 radical (unpaired) electrons. The molecule has 138 valence electrons. The third-order valence-electron chi connectivity index (χ3n) is 3.65. The quantitative estimate of drug-likeness (QED) is 0.370. The van der Waals surface area contributed by atoms with Gasteiger partial charge in [0.1, 0.15) is 12.2 Å². The van der Waals surface area contributed by atoms with E-state index in [2.05, 4.69) is 17.1 Å². The van der Waals surface area contributed by atoms with Gasteiger partial charge >= 0.3 is 5.91 Å². The topological polar surface area (TPSA) is 73.1 Å². The van der Waals surface area contributed by atoms with E-state index in [1.165, 1.54) is 6.21 Å². The Hall–Kier alpha value is -3.54. The Kier molecular flexibility index (Phi) is 5.89. The lowest BCUT2D eigenvalue weighted by molar-refractivity contribution is 0.0929. The Morgan fingerprint density at radius 1 is 1.19 bits per heavy atom. The zero-order valence-corrected chi connectivity index (χ0v) is 15.0. The van der Waals surface area contributed by atoms with E-state index >= 15 is 0 Å². The number of para-hydroxylation sites is 1. The molecule has 0 bridgehead atoms. The molecular formula is C21H20N2O4. The van der Waals surface area contributed by atoms with Crippen LogP contribution in [0.2, 0.25) is 0 Å². The Morgan fingerprint density at radius 2 is 2.04 bits per heavy atom. The van der Waals surface area contributed by atoms with Gasteiger partial charge in [-0.3, -0.25) is 4.79 Å². The number of hydrazone groups is 1. The summed E-state index contributed by atoms with van der Waals surface area (Å²) in [6, 6.07) is 14.5. The second-order valence-corrected chi connectivity index (χ2v) is 5.59. The summed E-state index contributed by atoms with van der Waals surface area (Å²) >= 11 is 0. The van der Waals surface area contributed by atoms with Gasteiger partial charge in [0, 0.05) is 5.39 Å². The van der Waals surface area contributed by atoms with Crippen LogP contribution in [0.15, 0.2) is 70.7 Å². The van der Waals surface area contributed by atoms with Crippen LogP contribution in [0.1, 0.15) is 23.0 Å². The predicted octanol–water partition coefficient (Wildman–Crippen LogP) is 4.16. The maximum absolute atomic E-state index is 12.2. The van der Waals surface area contributed by atoms with Crippen LogP contribution in [0.3, 0.4) is 0 Å². The van der Waals surface area contributed by atoms with Crippen molar-refractivity contribution in [1.29, 1.82) is 0 Å². The van der Waals surface area contributed by atoms with Crippen molar-refractivity contribution in [2.75, 3.05) is 13.2 Å². The molecule has 1 N–H and O–H groups in total. The van der Waals surface area contributed by atoms with Crippen molar-refractivity contribution in [3.8, 4) is 11.5 Å². The molecular weight excluding hydrogens is 344 g/mol. The van der Waals surface area contributed by atoms with E-state index in [4.69, 9.17) is 13.9 Å². The third kappa shape index (κ3) is 4.55. The molecule has 6 heteroatoms. The summed E-state index contributed by atoms with van der Waals surface area (Å²) in [5.74, 6) is 1.02. The zero-order chi connectivity index (χ0) is 19.1. The van der Waals surface area contributed by atoms with Crippen molar-refractivity contribution in [1.82, 2.24) is 5.43 Å². The summed E-state index contributed by atoms with van der Waals surface area (Å²) < 4.78 is 16.6. The molecule has 0 aliphatic carbocycles. The second-order valence-electron chi connectivity index (χ2n) is 5.59. The average molecular weight is 364 g/mol. The summed E-state index contributed by atoms with van der Waals surface area (Å²) in [7, 11) is 0.